The van der Waals surface area contributed by atoms with Gasteiger partial charge in [-0.25, -0.2) is 4.79 Å². The summed E-state index contributed by atoms with van der Waals surface area (Å²) in [6.07, 6.45) is 4.24. The second-order valence-electron chi connectivity index (χ2n) is 9.28. The van der Waals surface area contributed by atoms with Crippen molar-refractivity contribution in [2.45, 2.75) is 70.9 Å². The third-order valence-corrected chi connectivity index (χ3v) is 5.40. The number of rotatable bonds is 10. The zero-order chi connectivity index (χ0) is 21.4. The quantitative estimate of drug-likeness (QED) is 0.526. The molecule has 1 aliphatic carbocycles. The summed E-state index contributed by atoms with van der Waals surface area (Å²) in [5.74, 6) is 0.623. The number of carbonyl (C=O) groups excluding carboxylic acids is 1. The first-order valence-electron chi connectivity index (χ1n) is 11.2. The number of amides is 1. The Labute approximate surface area is 180 Å². The molecule has 1 atom stereocenters. The molecule has 0 radical (unpaired) electrons. The Kier molecular flexibility index (Phi) is 8.54. The van der Waals surface area contributed by atoms with Crippen molar-refractivity contribution in [2.75, 3.05) is 32.9 Å². The Hall–Kier alpha value is -1.63. The van der Waals surface area contributed by atoms with Gasteiger partial charge in [-0.3, -0.25) is 0 Å². The van der Waals surface area contributed by atoms with Gasteiger partial charge >= 0.3 is 6.09 Å². The molecule has 2 fully saturated rings. The van der Waals surface area contributed by atoms with Crippen molar-refractivity contribution < 1.29 is 23.7 Å². The van der Waals surface area contributed by atoms with E-state index in [0.29, 0.717) is 45.4 Å². The van der Waals surface area contributed by atoms with E-state index in [4.69, 9.17) is 18.9 Å². The van der Waals surface area contributed by atoms with Gasteiger partial charge in [-0.15, -0.1) is 0 Å². The predicted octanol–water partition coefficient (Wildman–Crippen LogP) is 4.41. The van der Waals surface area contributed by atoms with Crippen LogP contribution in [0.25, 0.3) is 0 Å². The van der Waals surface area contributed by atoms with Crippen LogP contribution in [-0.4, -0.2) is 61.7 Å². The molecule has 2 aliphatic rings. The SMILES string of the molecule is CC(C)(C)OC(=O)N1CCC(OCCOC(COCc2ccccc2)C2CC2)CC1. The summed E-state index contributed by atoms with van der Waals surface area (Å²) in [4.78, 5) is 13.9. The molecule has 1 unspecified atom stereocenters. The van der Waals surface area contributed by atoms with Crippen molar-refractivity contribution in [3.05, 3.63) is 35.9 Å². The molecule has 0 spiro atoms. The van der Waals surface area contributed by atoms with Crippen LogP contribution in [0.15, 0.2) is 30.3 Å². The van der Waals surface area contributed by atoms with Crippen LogP contribution < -0.4 is 0 Å². The maximum absolute atomic E-state index is 12.1. The molecule has 0 N–H and O–H groups in total. The summed E-state index contributed by atoms with van der Waals surface area (Å²) in [5, 5.41) is 0. The van der Waals surface area contributed by atoms with Crippen LogP contribution in [0.4, 0.5) is 4.79 Å². The Balaban J connectivity index is 1.27. The van der Waals surface area contributed by atoms with Crippen molar-refractivity contribution in [3.8, 4) is 0 Å². The molecule has 1 amide bonds. The third kappa shape index (κ3) is 8.25. The average molecular weight is 420 g/mol. The van der Waals surface area contributed by atoms with Crippen molar-refractivity contribution in [1.29, 1.82) is 0 Å². The number of likely N-dealkylation sites (tertiary alicyclic amines) is 1. The molecule has 1 aromatic rings. The van der Waals surface area contributed by atoms with E-state index in [-0.39, 0.29) is 18.3 Å². The van der Waals surface area contributed by atoms with Crippen LogP contribution in [0, 0.1) is 5.92 Å². The van der Waals surface area contributed by atoms with Crippen molar-refractivity contribution in [1.82, 2.24) is 4.90 Å². The fraction of sp³-hybridized carbons (Fsp3) is 0.708. The van der Waals surface area contributed by atoms with Crippen LogP contribution in [-0.2, 0) is 25.6 Å². The molecule has 1 aliphatic heterocycles. The average Bonchev–Trinajstić information content (AvgIpc) is 3.55. The lowest BCUT2D eigenvalue weighted by Gasteiger charge is -2.33. The molecular formula is C24H37NO5. The highest BCUT2D eigenvalue weighted by Crippen LogP contribution is 2.34. The third-order valence-electron chi connectivity index (χ3n) is 5.40. The lowest BCUT2D eigenvalue weighted by atomic mass is 10.1. The highest BCUT2D eigenvalue weighted by Gasteiger charge is 2.32. The zero-order valence-corrected chi connectivity index (χ0v) is 18.7. The van der Waals surface area contributed by atoms with Crippen molar-refractivity contribution in [3.63, 3.8) is 0 Å². The highest BCUT2D eigenvalue weighted by atomic mass is 16.6. The van der Waals surface area contributed by atoms with E-state index in [2.05, 4.69) is 12.1 Å². The second-order valence-corrected chi connectivity index (χ2v) is 9.28. The summed E-state index contributed by atoms with van der Waals surface area (Å²) >= 11 is 0. The van der Waals surface area contributed by atoms with E-state index in [9.17, 15) is 4.79 Å². The van der Waals surface area contributed by atoms with Gasteiger partial charge in [0.15, 0.2) is 0 Å². The number of hydrogen-bond acceptors (Lipinski definition) is 5. The molecule has 1 saturated carbocycles. The van der Waals surface area contributed by atoms with Gasteiger partial charge in [-0.05, 0) is 57.9 Å². The highest BCUT2D eigenvalue weighted by molar-refractivity contribution is 5.68. The predicted molar refractivity (Wildman–Crippen MR) is 115 cm³/mol. The Morgan fingerprint density at radius 2 is 1.77 bits per heavy atom. The first kappa shape index (κ1) is 23.0. The van der Waals surface area contributed by atoms with E-state index >= 15 is 0 Å². The number of carbonyl (C=O) groups is 1. The van der Waals surface area contributed by atoms with Crippen LogP contribution in [0.3, 0.4) is 0 Å². The molecule has 30 heavy (non-hydrogen) atoms. The fourth-order valence-corrected chi connectivity index (χ4v) is 3.60. The molecular weight excluding hydrogens is 382 g/mol. The van der Waals surface area contributed by atoms with Gasteiger partial charge in [0.25, 0.3) is 0 Å². The van der Waals surface area contributed by atoms with Crippen molar-refractivity contribution >= 4 is 6.09 Å². The Morgan fingerprint density at radius 3 is 2.40 bits per heavy atom. The van der Waals surface area contributed by atoms with Gasteiger partial charge in [-0.2, -0.15) is 0 Å². The lowest BCUT2D eigenvalue weighted by molar-refractivity contribution is -0.0696. The maximum Gasteiger partial charge on any atom is 0.410 e. The number of piperidine rings is 1. The summed E-state index contributed by atoms with van der Waals surface area (Å²) in [5.41, 5.74) is 0.734. The number of hydrogen-bond donors (Lipinski definition) is 0. The van der Waals surface area contributed by atoms with E-state index < -0.39 is 5.60 Å². The standard InChI is InChI=1S/C24H37NO5/c1-24(2,3)30-23(26)25-13-11-21(12-14-25)28-15-16-29-22(20-9-10-20)18-27-17-19-7-5-4-6-8-19/h4-8,20-22H,9-18H2,1-3H3. The molecule has 1 heterocycles. The van der Waals surface area contributed by atoms with Gasteiger partial charge in [0.2, 0.25) is 0 Å². The van der Waals surface area contributed by atoms with E-state index in [0.717, 1.165) is 12.8 Å². The monoisotopic (exact) mass is 419 g/mol. The zero-order valence-electron chi connectivity index (χ0n) is 18.7. The molecule has 168 valence electrons. The first-order valence-corrected chi connectivity index (χ1v) is 11.2. The molecule has 0 bridgehead atoms. The maximum atomic E-state index is 12.1. The van der Waals surface area contributed by atoms with Gasteiger partial charge in [0, 0.05) is 13.1 Å². The Morgan fingerprint density at radius 1 is 1.07 bits per heavy atom. The Bertz CT molecular complexity index is 633. The van der Waals surface area contributed by atoms with Crippen LogP contribution in [0.5, 0.6) is 0 Å². The van der Waals surface area contributed by atoms with Crippen LogP contribution in [0.2, 0.25) is 0 Å². The number of nitrogens with zero attached hydrogens (tertiary/aromatic N) is 1. The molecule has 0 aromatic heterocycles. The van der Waals surface area contributed by atoms with Gasteiger partial charge in [0.05, 0.1) is 38.6 Å². The largest absolute Gasteiger partial charge is 0.444 e. The summed E-state index contributed by atoms with van der Waals surface area (Å²) in [6.45, 7) is 9.46. The fourth-order valence-electron chi connectivity index (χ4n) is 3.60. The lowest BCUT2D eigenvalue weighted by Crippen LogP contribution is -2.43. The minimum atomic E-state index is -0.454. The van der Waals surface area contributed by atoms with Gasteiger partial charge < -0.3 is 23.8 Å². The first-order chi connectivity index (χ1) is 14.4. The molecule has 6 nitrogen and oxygen atoms in total. The van der Waals surface area contributed by atoms with E-state index in [1.54, 1.807) is 4.90 Å². The summed E-state index contributed by atoms with van der Waals surface area (Å²) in [6, 6.07) is 10.2. The minimum Gasteiger partial charge on any atom is -0.444 e. The topological polar surface area (TPSA) is 57.2 Å². The normalized spacial score (nSPS) is 19.0. The summed E-state index contributed by atoms with van der Waals surface area (Å²) < 4.78 is 23.4. The summed E-state index contributed by atoms with van der Waals surface area (Å²) in [7, 11) is 0. The van der Waals surface area contributed by atoms with Crippen molar-refractivity contribution in [2.24, 2.45) is 5.92 Å². The second kappa shape index (κ2) is 11.1. The van der Waals surface area contributed by atoms with Crippen LogP contribution >= 0.6 is 0 Å². The van der Waals surface area contributed by atoms with E-state index in [1.807, 2.05) is 39.0 Å². The number of benzene rings is 1. The molecule has 3 rings (SSSR count). The molecule has 6 heteroatoms. The minimum absolute atomic E-state index is 0.159. The van der Waals surface area contributed by atoms with E-state index in [1.165, 1.54) is 18.4 Å². The smallest absolute Gasteiger partial charge is 0.410 e. The molecule has 1 saturated heterocycles. The number of ether oxygens (including phenoxy) is 4. The molecule has 1 aromatic carbocycles. The van der Waals surface area contributed by atoms with Gasteiger partial charge in [-0.1, -0.05) is 30.3 Å². The van der Waals surface area contributed by atoms with Gasteiger partial charge in [0.1, 0.15) is 5.60 Å². The van der Waals surface area contributed by atoms with Crippen LogP contribution in [0.1, 0.15) is 52.0 Å².